The van der Waals surface area contributed by atoms with Crippen molar-refractivity contribution in [1.82, 2.24) is 0 Å². The van der Waals surface area contributed by atoms with Crippen LogP contribution in [0, 0.1) is 0 Å². The normalized spacial score (nSPS) is 10.1. The summed E-state index contributed by atoms with van der Waals surface area (Å²) in [7, 11) is 3.09. The van der Waals surface area contributed by atoms with E-state index in [2.05, 4.69) is 5.32 Å². The van der Waals surface area contributed by atoms with Gasteiger partial charge in [-0.15, -0.1) is 0 Å². The largest absolute Gasteiger partial charge is 0.497 e. The van der Waals surface area contributed by atoms with Gasteiger partial charge in [-0.05, 0) is 54.1 Å². The van der Waals surface area contributed by atoms with Crippen LogP contribution in [0.5, 0.6) is 17.2 Å². The van der Waals surface area contributed by atoms with E-state index in [4.69, 9.17) is 14.2 Å². The summed E-state index contributed by atoms with van der Waals surface area (Å²) in [5.41, 5.74) is 1.81. The molecule has 6 heteroatoms. The smallest absolute Gasteiger partial charge is 0.315 e. The second-order valence-electron chi connectivity index (χ2n) is 6.18. The van der Waals surface area contributed by atoms with Gasteiger partial charge in [-0.3, -0.25) is 9.59 Å². The fraction of sp³-hybridized carbons (Fsp3) is 0.130. The SMILES string of the molecule is COc1cccc(CC(=O)Oc2ccc(NC(=O)c3ccccc3OC)cc2)c1. The van der Waals surface area contributed by atoms with E-state index in [1.807, 2.05) is 18.2 Å². The number of carbonyl (C=O) groups is 2. The average Bonchev–Trinajstić information content (AvgIpc) is 2.75. The van der Waals surface area contributed by atoms with Crippen LogP contribution in [0.3, 0.4) is 0 Å². The van der Waals surface area contributed by atoms with Gasteiger partial charge in [0.1, 0.15) is 17.2 Å². The van der Waals surface area contributed by atoms with Gasteiger partial charge in [0.2, 0.25) is 0 Å². The highest BCUT2D eigenvalue weighted by atomic mass is 16.5. The van der Waals surface area contributed by atoms with E-state index in [1.165, 1.54) is 7.11 Å². The van der Waals surface area contributed by atoms with E-state index in [9.17, 15) is 9.59 Å². The average molecular weight is 391 g/mol. The molecule has 0 saturated heterocycles. The van der Waals surface area contributed by atoms with Gasteiger partial charge in [0.15, 0.2) is 0 Å². The molecule has 0 bridgehead atoms. The molecule has 0 aromatic heterocycles. The summed E-state index contributed by atoms with van der Waals surface area (Å²) in [5.74, 6) is 0.904. The lowest BCUT2D eigenvalue weighted by Crippen LogP contribution is -2.13. The zero-order valence-electron chi connectivity index (χ0n) is 16.2. The van der Waals surface area contributed by atoms with Crippen LogP contribution >= 0.6 is 0 Å². The van der Waals surface area contributed by atoms with E-state index in [0.29, 0.717) is 28.5 Å². The fourth-order valence-electron chi connectivity index (χ4n) is 2.75. The Bertz CT molecular complexity index is 998. The van der Waals surface area contributed by atoms with E-state index < -0.39 is 0 Å². The molecule has 0 aliphatic rings. The van der Waals surface area contributed by atoms with E-state index >= 15 is 0 Å². The van der Waals surface area contributed by atoms with Crippen LogP contribution < -0.4 is 19.5 Å². The Morgan fingerprint density at radius 3 is 2.31 bits per heavy atom. The Labute approximate surface area is 169 Å². The van der Waals surface area contributed by atoms with E-state index in [0.717, 1.165) is 5.56 Å². The van der Waals surface area contributed by atoms with E-state index in [-0.39, 0.29) is 18.3 Å². The monoisotopic (exact) mass is 391 g/mol. The number of ether oxygens (including phenoxy) is 3. The topological polar surface area (TPSA) is 73.9 Å². The molecule has 1 N–H and O–H groups in total. The molecule has 0 radical (unpaired) electrons. The van der Waals surface area contributed by atoms with Crippen molar-refractivity contribution < 1.29 is 23.8 Å². The highest BCUT2D eigenvalue weighted by Crippen LogP contribution is 2.21. The van der Waals surface area contributed by atoms with Gasteiger partial charge in [-0.1, -0.05) is 24.3 Å². The minimum absolute atomic E-state index is 0.128. The fourth-order valence-corrected chi connectivity index (χ4v) is 2.75. The van der Waals surface area contributed by atoms with Crippen molar-refractivity contribution in [2.45, 2.75) is 6.42 Å². The zero-order valence-corrected chi connectivity index (χ0v) is 16.2. The summed E-state index contributed by atoms with van der Waals surface area (Å²) in [6, 6.07) is 20.8. The zero-order chi connectivity index (χ0) is 20.6. The molecule has 0 aliphatic carbocycles. The van der Waals surface area contributed by atoms with Crippen LogP contribution in [0.4, 0.5) is 5.69 Å². The van der Waals surface area contributed by atoms with Gasteiger partial charge in [0.25, 0.3) is 5.91 Å². The van der Waals surface area contributed by atoms with Crippen LogP contribution in [0.1, 0.15) is 15.9 Å². The molecule has 1 amide bonds. The van der Waals surface area contributed by atoms with Gasteiger partial charge in [-0.2, -0.15) is 0 Å². The first-order valence-electron chi connectivity index (χ1n) is 8.97. The molecule has 3 aromatic carbocycles. The predicted octanol–water partition coefficient (Wildman–Crippen LogP) is 4.10. The maximum absolute atomic E-state index is 12.4. The Morgan fingerprint density at radius 2 is 1.59 bits per heavy atom. The van der Waals surface area contributed by atoms with Crippen LogP contribution in [0.25, 0.3) is 0 Å². The molecule has 0 heterocycles. The third-order valence-corrected chi connectivity index (χ3v) is 4.18. The van der Waals surface area contributed by atoms with Crippen molar-refractivity contribution >= 4 is 17.6 Å². The summed E-state index contributed by atoms with van der Waals surface area (Å²) in [4.78, 5) is 24.6. The molecule has 6 nitrogen and oxygen atoms in total. The highest BCUT2D eigenvalue weighted by molar-refractivity contribution is 6.06. The number of benzene rings is 3. The van der Waals surface area contributed by atoms with Crippen LogP contribution in [0.15, 0.2) is 72.8 Å². The molecule has 0 spiro atoms. The predicted molar refractivity (Wildman–Crippen MR) is 110 cm³/mol. The van der Waals surface area contributed by atoms with Crippen molar-refractivity contribution in [1.29, 1.82) is 0 Å². The molecule has 3 aromatic rings. The minimum atomic E-state index is -0.385. The van der Waals surface area contributed by atoms with Crippen molar-refractivity contribution in [2.75, 3.05) is 19.5 Å². The molecule has 0 saturated carbocycles. The third-order valence-electron chi connectivity index (χ3n) is 4.18. The molecule has 0 aliphatic heterocycles. The lowest BCUT2D eigenvalue weighted by molar-refractivity contribution is -0.133. The standard InChI is InChI=1S/C23H21NO5/c1-27-19-7-5-6-16(14-19)15-22(25)29-18-12-10-17(11-13-18)24-23(26)20-8-3-4-9-21(20)28-2/h3-14H,15H2,1-2H3,(H,24,26). The van der Waals surface area contributed by atoms with E-state index in [1.54, 1.807) is 61.7 Å². The summed E-state index contributed by atoms with van der Waals surface area (Å²) in [6.07, 6.45) is 0.128. The number of para-hydroxylation sites is 1. The Balaban J connectivity index is 1.59. The van der Waals surface area contributed by atoms with Crippen LogP contribution in [0.2, 0.25) is 0 Å². The number of anilines is 1. The molecular weight excluding hydrogens is 370 g/mol. The molecule has 3 rings (SSSR count). The summed E-state index contributed by atoms with van der Waals surface area (Å²) in [6.45, 7) is 0. The van der Waals surface area contributed by atoms with Crippen molar-refractivity contribution in [3.05, 3.63) is 83.9 Å². The van der Waals surface area contributed by atoms with Crippen LogP contribution in [-0.4, -0.2) is 26.1 Å². The second-order valence-corrected chi connectivity index (χ2v) is 6.18. The highest BCUT2D eigenvalue weighted by Gasteiger charge is 2.12. The number of nitrogens with one attached hydrogen (secondary N) is 1. The maximum atomic E-state index is 12.4. The Hall–Kier alpha value is -3.80. The van der Waals surface area contributed by atoms with Gasteiger partial charge in [-0.25, -0.2) is 0 Å². The number of hydrogen-bond donors (Lipinski definition) is 1. The Morgan fingerprint density at radius 1 is 0.828 bits per heavy atom. The lowest BCUT2D eigenvalue weighted by Gasteiger charge is -2.10. The number of rotatable bonds is 7. The third kappa shape index (κ3) is 5.35. The summed E-state index contributed by atoms with van der Waals surface area (Å²) < 4.78 is 15.7. The van der Waals surface area contributed by atoms with Crippen molar-refractivity contribution in [3.63, 3.8) is 0 Å². The number of esters is 1. The number of carbonyl (C=O) groups excluding carboxylic acids is 2. The quantitative estimate of drug-likeness (QED) is 0.485. The van der Waals surface area contributed by atoms with Crippen LogP contribution in [-0.2, 0) is 11.2 Å². The molecule has 0 unspecified atom stereocenters. The first-order valence-corrected chi connectivity index (χ1v) is 8.97. The van der Waals surface area contributed by atoms with Crippen molar-refractivity contribution in [3.8, 4) is 17.2 Å². The van der Waals surface area contributed by atoms with Gasteiger partial charge >= 0.3 is 5.97 Å². The molecular formula is C23H21NO5. The van der Waals surface area contributed by atoms with Gasteiger partial charge in [0.05, 0.1) is 26.2 Å². The summed E-state index contributed by atoms with van der Waals surface area (Å²) >= 11 is 0. The number of amides is 1. The molecule has 148 valence electrons. The molecule has 0 atom stereocenters. The first kappa shape index (κ1) is 19.9. The molecule has 0 fully saturated rings. The van der Waals surface area contributed by atoms with Crippen molar-refractivity contribution in [2.24, 2.45) is 0 Å². The minimum Gasteiger partial charge on any atom is -0.497 e. The first-order chi connectivity index (χ1) is 14.1. The number of hydrogen-bond acceptors (Lipinski definition) is 5. The second kappa shape index (κ2) is 9.41. The van der Waals surface area contributed by atoms with Gasteiger partial charge in [0, 0.05) is 5.69 Å². The lowest BCUT2D eigenvalue weighted by atomic mass is 10.1. The maximum Gasteiger partial charge on any atom is 0.315 e. The summed E-state index contributed by atoms with van der Waals surface area (Å²) in [5, 5.41) is 2.79. The Kier molecular flexibility index (Phi) is 6.47. The van der Waals surface area contributed by atoms with Gasteiger partial charge < -0.3 is 19.5 Å². The number of methoxy groups -OCH3 is 2. The molecule has 29 heavy (non-hydrogen) atoms.